The largest absolute Gasteiger partial charge is 0.494 e. The van der Waals surface area contributed by atoms with Gasteiger partial charge in [-0.05, 0) is 18.1 Å². The number of nitrogens with zero attached hydrogens (tertiary/aromatic N) is 1. The molecule has 1 aliphatic rings. The van der Waals surface area contributed by atoms with E-state index in [0.29, 0.717) is 11.2 Å². The van der Waals surface area contributed by atoms with Gasteiger partial charge in [0.15, 0.2) is 16.7 Å². The van der Waals surface area contributed by atoms with E-state index >= 15 is 0 Å². The van der Waals surface area contributed by atoms with Crippen molar-refractivity contribution in [2.45, 2.75) is 31.9 Å². The van der Waals surface area contributed by atoms with Crippen LogP contribution >= 0.6 is 11.8 Å². The second kappa shape index (κ2) is 6.97. The molecule has 0 saturated carbocycles. The molecule has 1 aromatic rings. The number of aliphatic imine (C=N–C) groups is 1. The summed E-state index contributed by atoms with van der Waals surface area (Å²) in [6.07, 6.45) is 2.36. The Morgan fingerprint density at radius 2 is 2.20 bits per heavy atom. The molecule has 20 heavy (non-hydrogen) atoms. The SMILES string of the molecule is CCC(CC)C1CN=C(Nc2ccc(F)c(OC)c2)S1. The molecule has 1 N–H and O–H groups in total. The number of halogens is 1. The molecule has 0 fully saturated rings. The highest BCUT2D eigenvalue weighted by molar-refractivity contribution is 8.15. The van der Waals surface area contributed by atoms with Gasteiger partial charge < -0.3 is 10.1 Å². The maximum absolute atomic E-state index is 13.4. The smallest absolute Gasteiger partial charge is 0.165 e. The zero-order valence-electron chi connectivity index (χ0n) is 12.1. The molecule has 0 aromatic heterocycles. The van der Waals surface area contributed by atoms with Gasteiger partial charge in [0, 0.05) is 17.0 Å². The van der Waals surface area contributed by atoms with Crippen LogP contribution in [0.25, 0.3) is 0 Å². The average molecular weight is 296 g/mol. The minimum atomic E-state index is -0.353. The lowest BCUT2D eigenvalue weighted by atomic mass is 9.99. The number of ether oxygens (including phenoxy) is 1. The zero-order valence-corrected chi connectivity index (χ0v) is 13.0. The van der Waals surface area contributed by atoms with Gasteiger partial charge in [0.25, 0.3) is 0 Å². The number of rotatable bonds is 5. The van der Waals surface area contributed by atoms with Crippen molar-refractivity contribution in [2.75, 3.05) is 19.0 Å². The summed E-state index contributed by atoms with van der Waals surface area (Å²) >= 11 is 1.78. The Bertz CT molecular complexity index is 489. The van der Waals surface area contributed by atoms with E-state index in [1.807, 2.05) is 0 Å². The quantitative estimate of drug-likeness (QED) is 0.886. The standard InChI is InChI=1S/C15H21FN2OS/c1-4-10(5-2)14-9-17-15(20-14)18-11-6-7-12(16)13(8-11)19-3/h6-8,10,14H,4-5,9H2,1-3H3,(H,17,18). The first-order valence-corrected chi connectivity index (χ1v) is 7.87. The molecule has 1 heterocycles. The van der Waals surface area contributed by atoms with Crippen LogP contribution in [-0.2, 0) is 0 Å². The Labute approximate surface area is 124 Å². The van der Waals surface area contributed by atoms with Crippen molar-refractivity contribution in [3.8, 4) is 5.75 Å². The fourth-order valence-electron chi connectivity index (χ4n) is 2.38. The van der Waals surface area contributed by atoms with Crippen molar-refractivity contribution >= 4 is 22.6 Å². The highest BCUT2D eigenvalue weighted by Crippen LogP contribution is 2.32. The number of amidine groups is 1. The number of nitrogens with one attached hydrogen (secondary N) is 1. The lowest BCUT2D eigenvalue weighted by Crippen LogP contribution is -2.17. The Kier molecular flexibility index (Phi) is 5.29. The summed E-state index contributed by atoms with van der Waals surface area (Å²) in [6.45, 7) is 5.31. The van der Waals surface area contributed by atoms with Crippen molar-refractivity contribution in [3.63, 3.8) is 0 Å². The van der Waals surface area contributed by atoms with Gasteiger partial charge in [0.05, 0.1) is 13.7 Å². The van der Waals surface area contributed by atoms with Crippen LogP contribution in [0.2, 0.25) is 0 Å². The Balaban J connectivity index is 1.98. The van der Waals surface area contributed by atoms with Gasteiger partial charge >= 0.3 is 0 Å². The van der Waals surface area contributed by atoms with E-state index in [-0.39, 0.29) is 11.6 Å². The first-order valence-electron chi connectivity index (χ1n) is 6.99. The molecule has 1 atom stereocenters. The van der Waals surface area contributed by atoms with Crippen LogP contribution in [0.15, 0.2) is 23.2 Å². The fourth-order valence-corrected chi connectivity index (χ4v) is 3.72. The van der Waals surface area contributed by atoms with Gasteiger partial charge in [0.1, 0.15) is 0 Å². The van der Waals surface area contributed by atoms with Gasteiger partial charge in [0.2, 0.25) is 0 Å². The van der Waals surface area contributed by atoms with E-state index in [1.165, 1.54) is 26.0 Å². The number of hydrogen-bond acceptors (Lipinski definition) is 4. The van der Waals surface area contributed by atoms with E-state index < -0.39 is 0 Å². The number of anilines is 1. The van der Waals surface area contributed by atoms with E-state index in [1.54, 1.807) is 23.9 Å². The molecule has 0 aliphatic carbocycles. The van der Waals surface area contributed by atoms with E-state index in [0.717, 1.165) is 17.4 Å². The molecule has 1 aliphatic heterocycles. The molecular formula is C15H21FN2OS. The Morgan fingerprint density at radius 1 is 1.45 bits per heavy atom. The highest BCUT2D eigenvalue weighted by atomic mass is 32.2. The van der Waals surface area contributed by atoms with Crippen molar-refractivity contribution in [1.82, 2.24) is 0 Å². The molecule has 0 saturated heterocycles. The predicted molar refractivity (Wildman–Crippen MR) is 84.3 cm³/mol. The first kappa shape index (κ1) is 15.2. The molecule has 1 aromatic carbocycles. The number of methoxy groups -OCH3 is 1. The zero-order chi connectivity index (χ0) is 14.5. The Morgan fingerprint density at radius 3 is 2.85 bits per heavy atom. The topological polar surface area (TPSA) is 33.6 Å². The molecule has 1 unspecified atom stereocenters. The summed E-state index contributed by atoms with van der Waals surface area (Å²) in [5.74, 6) is 0.593. The predicted octanol–water partition coefficient (Wildman–Crippen LogP) is 4.15. The van der Waals surface area contributed by atoms with Gasteiger partial charge in [-0.15, -0.1) is 0 Å². The third kappa shape index (κ3) is 3.45. The normalized spacial score (nSPS) is 18.2. The second-order valence-corrected chi connectivity index (χ2v) is 6.08. The summed E-state index contributed by atoms with van der Waals surface area (Å²) in [5.41, 5.74) is 0.805. The van der Waals surface area contributed by atoms with Crippen LogP contribution in [0, 0.1) is 11.7 Å². The maximum atomic E-state index is 13.4. The summed E-state index contributed by atoms with van der Waals surface area (Å²) < 4.78 is 18.3. The summed E-state index contributed by atoms with van der Waals surface area (Å²) in [4.78, 5) is 4.54. The molecule has 0 radical (unpaired) electrons. The number of benzene rings is 1. The summed E-state index contributed by atoms with van der Waals surface area (Å²) in [7, 11) is 1.47. The van der Waals surface area contributed by atoms with Crippen molar-refractivity contribution in [3.05, 3.63) is 24.0 Å². The van der Waals surface area contributed by atoms with Gasteiger partial charge in [-0.25, -0.2) is 4.39 Å². The van der Waals surface area contributed by atoms with Crippen LogP contribution in [0.1, 0.15) is 26.7 Å². The van der Waals surface area contributed by atoms with Gasteiger partial charge in [-0.3, -0.25) is 4.99 Å². The van der Waals surface area contributed by atoms with Gasteiger partial charge in [-0.1, -0.05) is 38.5 Å². The maximum Gasteiger partial charge on any atom is 0.165 e. The van der Waals surface area contributed by atoms with Crippen LogP contribution in [0.4, 0.5) is 10.1 Å². The van der Waals surface area contributed by atoms with Crippen LogP contribution in [-0.4, -0.2) is 24.1 Å². The molecule has 3 nitrogen and oxygen atoms in total. The summed E-state index contributed by atoms with van der Waals surface area (Å²) in [6, 6.07) is 4.76. The average Bonchev–Trinajstić information content (AvgIpc) is 2.91. The monoisotopic (exact) mass is 296 g/mol. The number of thioether (sulfide) groups is 1. The molecule has 0 amide bonds. The van der Waals surface area contributed by atoms with Crippen LogP contribution in [0.3, 0.4) is 0 Å². The second-order valence-electron chi connectivity index (χ2n) is 4.85. The lowest BCUT2D eigenvalue weighted by Gasteiger charge is -2.18. The fraction of sp³-hybridized carbons (Fsp3) is 0.533. The number of hydrogen-bond donors (Lipinski definition) is 1. The van der Waals surface area contributed by atoms with Crippen molar-refractivity contribution in [2.24, 2.45) is 10.9 Å². The molecule has 5 heteroatoms. The third-order valence-electron chi connectivity index (χ3n) is 3.65. The van der Waals surface area contributed by atoms with Gasteiger partial charge in [-0.2, -0.15) is 0 Å². The molecular weight excluding hydrogens is 275 g/mol. The highest BCUT2D eigenvalue weighted by Gasteiger charge is 2.26. The van der Waals surface area contributed by atoms with E-state index in [9.17, 15) is 4.39 Å². The molecule has 0 spiro atoms. The minimum absolute atomic E-state index is 0.245. The van der Waals surface area contributed by atoms with E-state index in [2.05, 4.69) is 24.2 Å². The van der Waals surface area contributed by atoms with Crippen LogP contribution < -0.4 is 10.1 Å². The first-order chi connectivity index (χ1) is 9.67. The molecule has 2 rings (SSSR count). The van der Waals surface area contributed by atoms with E-state index in [4.69, 9.17) is 4.74 Å². The minimum Gasteiger partial charge on any atom is -0.494 e. The summed E-state index contributed by atoms with van der Waals surface area (Å²) in [5, 5.41) is 4.71. The molecule has 0 bridgehead atoms. The molecule has 110 valence electrons. The van der Waals surface area contributed by atoms with Crippen molar-refractivity contribution < 1.29 is 9.13 Å². The van der Waals surface area contributed by atoms with Crippen molar-refractivity contribution in [1.29, 1.82) is 0 Å². The van der Waals surface area contributed by atoms with Crippen LogP contribution in [0.5, 0.6) is 5.75 Å². The lowest BCUT2D eigenvalue weighted by molar-refractivity contribution is 0.387. The Hall–Kier alpha value is -1.23. The third-order valence-corrected chi connectivity index (χ3v) is 4.95.